The quantitative estimate of drug-likeness (QED) is 0.294. The molecule has 0 aromatic carbocycles. The Labute approximate surface area is 196 Å². The maximum Gasteiger partial charge on any atom is 0.0864 e. The molecule has 0 fully saturated rings. The van der Waals surface area contributed by atoms with Gasteiger partial charge in [0.05, 0.1) is 40.1 Å². The van der Waals surface area contributed by atoms with Gasteiger partial charge in [0.25, 0.3) is 0 Å². The van der Waals surface area contributed by atoms with Crippen molar-refractivity contribution >= 4 is 0 Å². The molecule has 164 valence electrons. The Balaban J connectivity index is 1.43. The molecule has 0 aliphatic rings. The van der Waals surface area contributed by atoms with Gasteiger partial charge in [-0.3, -0.25) is 15.0 Å². The number of H-pyrrole nitrogens is 3. The van der Waals surface area contributed by atoms with E-state index < -0.39 is 0 Å². The van der Waals surface area contributed by atoms with Gasteiger partial charge in [0, 0.05) is 35.7 Å². The van der Waals surface area contributed by atoms with Crippen molar-refractivity contribution in [1.29, 1.82) is 0 Å². The molecular formula is C28H22N6. The molecule has 6 nitrogen and oxygen atoms in total. The molecule has 34 heavy (non-hydrogen) atoms. The van der Waals surface area contributed by atoms with Crippen molar-refractivity contribution in [3.8, 4) is 34.2 Å². The van der Waals surface area contributed by atoms with Gasteiger partial charge in [0.1, 0.15) is 0 Å². The number of rotatable bonds is 6. The maximum absolute atomic E-state index is 4.49. The first-order valence-electron chi connectivity index (χ1n) is 11.2. The van der Waals surface area contributed by atoms with Crippen molar-refractivity contribution in [2.24, 2.45) is 0 Å². The van der Waals surface area contributed by atoms with E-state index in [-0.39, 0.29) is 5.92 Å². The Morgan fingerprint density at radius 2 is 0.765 bits per heavy atom. The zero-order chi connectivity index (χ0) is 22.7. The number of aromatic amines is 3. The number of aromatic nitrogens is 6. The summed E-state index contributed by atoms with van der Waals surface area (Å²) in [6.07, 6.45) is 5.42. The smallest absolute Gasteiger partial charge is 0.0864 e. The average molecular weight is 443 g/mol. The molecule has 6 heterocycles. The highest BCUT2D eigenvalue weighted by atomic mass is 14.9. The second-order valence-electron chi connectivity index (χ2n) is 8.06. The van der Waals surface area contributed by atoms with E-state index in [1.165, 1.54) is 0 Å². The monoisotopic (exact) mass is 442 g/mol. The average Bonchev–Trinajstić information content (AvgIpc) is 3.68. The van der Waals surface area contributed by atoms with Gasteiger partial charge in [-0.05, 0) is 72.8 Å². The lowest BCUT2D eigenvalue weighted by Gasteiger charge is -2.14. The second kappa shape index (κ2) is 8.67. The van der Waals surface area contributed by atoms with Gasteiger partial charge in [0.2, 0.25) is 0 Å². The Morgan fingerprint density at radius 1 is 0.412 bits per heavy atom. The van der Waals surface area contributed by atoms with Gasteiger partial charge in [-0.25, -0.2) is 0 Å². The van der Waals surface area contributed by atoms with E-state index >= 15 is 0 Å². The number of pyridine rings is 3. The Bertz CT molecular complexity index is 1310. The van der Waals surface area contributed by atoms with E-state index in [4.69, 9.17) is 0 Å². The first-order chi connectivity index (χ1) is 16.8. The third kappa shape index (κ3) is 3.82. The molecule has 0 aliphatic heterocycles. The van der Waals surface area contributed by atoms with Crippen LogP contribution in [0.3, 0.4) is 0 Å². The fourth-order valence-corrected chi connectivity index (χ4v) is 4.26. The zero-order valence-electron chi connectivity index (χ0n) is 18.3. The molecule has 0 unspecified atom stereocenters. The second-order valence-corrected chi connectivity index (χ2v) is 8.06. The van der Waals surface area contributed by atoms with E-state index in [1.54, 1.807) is 0 Å². The van der Waals surface area contributed by atoms with Crippen molar-refractivity contribution in [2.45, 2.75) is 5.92 Å². The van der Waals surface area contributed by atoms with Gasteiger partial charge >= 0.3 is 0 Å². The first-order valence-corrected chi connectivity index (χ1v) is 11.2. The summed E-state index contributed by atoms with van der Waals surface area (Å²) in [5.74, 6) is -0.0626. The van der Waals surface area contributed by atoms with Gasteiger partial charge < -0.3 is 15.0 Å². The largest absolute Gasteiger partial charge is 0.356 e. The fraction of sp³-hybridized carbons (Fsp3) is 0.0357. The Morgan fingerprint density at radius 3 is 1.06 bits per heavy atom. The summed E-state index contributed by atoms with van der Waals surface area (Å²) in [6, 6.07) is 30.4. The van der Waals surface area contributed by atoms with Gasteiger partial charge in [-0.15, -0.1) is 0 Å². The molecule has 0 amide bonds. The van der Waals surface area contributed by atoms with Gasteiger partial charge in [-0.2, -0.15) is 0 Å². The molecule has 6 aromatic heterocycles. The topological polar surface area (TPSA) is 86.0 Å². The van der Waals surface area contributed by atoms with Crippen molar-refractivity contribution < 1.29 is 0 Å². The van der Waals surface area contributed by atoms with Crippen molar-refractivity contribution in [2.75, 3.05) is 0 Å². The van der Waals surface area contributed by atoms with Crippen LogP contribution in [-0.4, -0.2) is 29.9 Å². The molecule has 0 bridgehead atoms. The highest BCUT2D eigenvalue weighted by Gasteiger charge is 2.23. The van der Waals surface area contributed by atoms with E-state index in [0.29, 0.717) is 0 Å². The van der Waals surface area contributed by atoms with E-state index in [2.05, 4.69) is 66.3 Å². The van der Waals surface area contributed by atoms with Crippen LogP contribution in [0.2, 0.25) is 0 Å². The predicted molar refractivity (Wildman–Crippen MR) is 133 cm³/mol. The minimum absolute atomic E-state index is 0.0626. The summed E-state index contributed by atoms with van der Waals surface area (Å²) in [5, 5.41) is 0. The number of hydrogen-bond acceptors (Lipinski definition) is 3. The molecule has 6 rings (SSSR count). The third-order valence-corrected chi connectivity index (χ3v) is 5.88. The summed E-state index contributed by atoms with van der Waals surface area (Å²) >= 11 is 0. The molecule has 0 saturated heterocycles. The molecular weight excluding hydrogens is 420 g/mol. The predicted octanol–water partition coefficient (Wildman–Crippen LogP) is 6.04. The molecule has 6 heteroatoms. The number of hydrogen-bond donors (Lipinski definition) is 3. The van der Waals surface area contributed by atoms with Crippen LogP contribution >= 0.6 is 0 Å². The Kier molecular flexibility index (Phi) is 5.09. The first kappa shape index (κ1) is 19.9. The van der Waals surface area contributed by atoms with Crippen LogP contribution in [0.15, 0.2) is 110 Å². The van der Waals surface area contributed by atoms with Gasteiger partial charge in [-0.1, -0.05) is 18.2 Å². The SMILES string of the molecule is c1ccc(-c2ccc(C(c3ccc(-c4ccccn4)[nH]3)c3ccc(-c4ccccn4)[nH]3)[nH]2)nc1. The molecule has 3 N–H and O–H groups in total. The summed E-state index contributed by atoms with van der Waals surface area (Å²) in [7, 11) is 0. The van der Waals surface area contributed by atoms with Crippen molar-refractivity contribution in [1.82, 2.24) is 29.9 Å². The van der Waals surface area contributed by atoms with Crippen molar-refractivity contribution in [3.63, 3.8) is 0 Å². The maximum atomic E-state index is 4.49. The summed E-state index contributed by atoms with van der Waals surface area (Å²) < 4.78 is 0. The van der Waals surface area contributed by atoms with Crippen LogP contribution in [0.4, 0.5) is 0 Å². The van der Waals surface area contributed by atoms with Crippen LogP contribution in [0, 0.1) is 0 Å². The minimum atomic E-state index is -0.0626. The molecule has 0 atom stereocenters. The molecule has 0 spiro atoms. The number of nitrogens with one attached hydrogen (secondary N) is 3. The fourth-order valence-electron chi connectivity index (χ4n) is 4.26. The van der Waals surface area contributed by atoms with E-state index in [0.717, 1.165) is 51.2 Å². The normalized spacial score (nSPS) is 11.2. The summed E-state index contributed by atoms with van der Waals surface area (Å²) in [6.45, 7) is 0. The lowest BCUT2D eigenvalue weighted by molar-refractivity contribution is 0.869. The highest BCUT2D eigenvalue weighted by molar-refractivity contribution is 5.60. The summed E-state index contributed by atoms with van der Waals surface area (Å²) in [5.41, 5.74) is 8.85. The minimum Gasteiger partial charge on any atom is -0.356 e. The third-order valence-electron chi connectivity index (χ3n) is 5.88. The molecule has 0 aliphatic carbocycles. The molecule has 6 aromatic rings. The lowest BCUT2D eigenvalue weighted by atomic mass is 9.98. The van der Waals surface area contributed by atoms with Crippen LogP contribution in [0.1, 0.15) is 23.0 Å². The molecule has 0 radical (unpaired) electrons. The lowest BCUT2D eigenvalue weighted by Crippen LogP contribution is -2.05. The van der Waals surface area contributed by atoms with E-state index in [9.17, 15) is 0 Å². The van der Waals surface area contributed by atoms with Crippen LogP contribution in [-0.2, 0) is 0 Å². The van der Waals surface area contributed by atoms with Crippen LogP contribution in [0.25, 0.3) is 34.2 Å². The summed E-state index contributed by atoms with van der Waals surface area (Å²) in [4.78, 5) is 24.2. The Hall–Kier alpha value is -4.71. The highest BCUT2D eigenvalue weighted by Crippen LogP contribution is 2.34. The standard InChI is InChI=1S/C28H22N6/c1-4-16-29-19(7-1)22-10-13-25(32-22)28(26-14-11-23(33-26)20-8-2-5-17-30-20)27-15-12-24(34-27)21-9-3-6-18-31-21/h1-18,28,32-34H. The number of nitrogens with zero attached hydrogens (tertiary/aromatic N) is 3. The van der Waals surface area contributed by atoms with Crippen molar-refractivity contribution in [3.05, 3.63) is 127 Å². The van der Waals surface area contributed by atoms with Crippen LogP contribution in [0.5, 0.6) is 0 Å². The van der Waals surface area contributed by atoms with E-state index in [1.807, 2.05) is 73.2 Å². The molecule has 0 saturated carbocycles. The van der Waals surface area contributed by atoms with Crippen LogP contribution < -0.4 is 0 Å². The zero-order valence-corrected chi connectivity index (χ0v) is 18.3. The van der Waals surface area contributed by atoms with Gasteiger partial charge in [0.15, 0.2) is 0 Å².